The molecule has 2 fully saturated rings. The van der Waals surface area contributed by atoms with E-state index in [1.165, 1.54) is 6.42 Å². The Bertz CT molecular complexity index is 481. The predicted octanol–water partition coefficient (Wildman–Crippen LogP) is 3.70. The van der Waals surface area contributed by atoms with E-state index in [0.29, 0.717) is 18.4 Å². The van der Waals surface area contributed by atoms with E-state index < -0.39 is 0 Å². The standard InChI is InChI=1S/C20H31NO3/c1-15-8-5-6-11-17(15)14-24-20(23)18-12-7-13-21(18)19(22)16-9-3-2-4-10-16/h5-6,15-18H,2-4,7-14H2,1H3/t15-,17-,18-/m1/s1. The smallest absolute Gasteiger partial charge is 0.328 e. The lowest BCUT2D eigenvalue weighted by Gasteiger charge is -2.30. The van der Waals surface area contributed by atoms with E-state index in [0.717, 1.165) is 57.9 Å². The summed E-state index contributed by atoms with van der Waals surface area (Å²) in [6.45, 7) is 3.43. The van der Waals surface area contributed by atoms with Gasteiger partial charge in [-0.1, -0.05) is 38.3 Å². The highest BCUT2D eigenvalue weighted by Gasteiger charge is 2.38. The number of rotatable bonds is 4. The minimum Gasteiger partial charge on any atom is -0.464 e. The highest BCUT2D eigenvalue weighted by molar-refractivity contribution is 5.86. The second-order valence-electron chi connectivity index (χ2n) is 7.83. The van der Waals surface area contributed by atoms with Crippen LogP contribution in [0.15, 0.2) is 12.2 Å². The van der Waals surface area contributed by atoms with Crippen LogP contribution in [0.5, 0.6) is 0 Å². The molecule has 1 saturated carbocycles. The molecule has 0 spiro atoms. The van der Waals surface area contributed by atoms with Gasteiger partial charge in [0.25, 0.3) is 0 Å². The number of ether oxygens (including phenoxy) is 1. The molecule has 1 heterocycles. The lowest BCUT2D eigenvalue weighted by molar-refractivity contribution is -0.156. The predicted molar refractivity (Wildman–Crippen MR) is 93.3 cm³/mol. The average Bonchev–Trinajstić information content (AvgIpc) is 3.10. The number of amides is 1. The first-order chi connectivity index (χ1) is 11.7. The third-order valence-corrected chi connectivity index (χ3v) is 6.12. The Morgan fingerprint density at radius 3 is 2.54 bits per heavy atom. The lowest BCUT2D eigenvalue weighted by atomic mass is 9.85. The quantitative estimate of drug-likeness (QED) is 0.582. The summed E-state index contributed by atoms with van der Waals surface area (Å²) >= 11 is 0. The van der Waals surface area contributed by atoms with E-state index in [2.05, 4.69) is 19.1 Å². The van der Waals surface area contributed by atoms with E-state index >= 15 is 0 Å². The molecule has 3 aliphatic rings. The molecule has 1 aliphatic heterocycles. The zero-order chi connectivity index (χ0) is 16.9. The zero-order valence-corrected chi connectivity index (χ0v) is 14.9. The lowest BCUT2D eigenvalue weighted by Crippen LogP contribution is -2.45. The van der Waals surface area contributed by atoms with Crippen molar-refractivity contribution in [2.45, 2.75) is 70.8 Å². The molecule has 0 radical (unpaired) electrons. The van der Waals surface area contributed by atoms with Crippen LogP contribution in [0.4, 0.5) is 0 Å². The summed E-state index contributed by atoms with van der Waals surface area (Å²) < 4.78 is 5.64. The molecule has 1 amide bonds. The van der Waals surface area contributed by atoms with Gasteiger partial charge in [-0.05, 0) is 50.4 Å². The molecule has 0 unspecified atom stereocenters. The molecule has 0 bridgehead atoms. The van der Waals surface area contributed by atoms with Crippen molar-refractivity contribution in [2.24, 2.45) is 17.8 Å². The number of allylic oxidation sites excluding steroid dienone is 2. The van der Waals surface area contributed by atoms with Crippen molar-refractivity contribution >= 4 is 11.9 Å². The van der Waals surface area contributed by atoms with Gasteiger partial charge in [0, 0.05) is 12.5 Å². The number of hydrogen-bond donors (Lipinski definition) is 0. The highest BCUT2D eigenvalue weighted by atomic mass is 16.5. The van der Waals surface area contributed by atoms with Gasteiger partial charge in [0.2, 0.25) is 5.91 Å². The molecule has 4 nitrogen and oxygen atoms in total. The number of hydrogen-bond acceptors (Lipinski definition) is 3. The van der Waals surface area contributed by atoms with Gasteiger partial charge in [-0.25, -0.2) is 4.79 Å². The van der Waals surface area contributed by atoms with E-state index in [1.54, 1.807) is 0 Å². The van der Waals surface area contributed by atoms with Crippen LogP contribution in [0.25, 0.3) is 0 Å². The van der Waals surface area contributed by atoms with Crippen molar-refractivity contribution in [3.8, 4) is 0 Å². The largest absolute Gasteiger partial charge is 0.464 e. The average molecular weight is 333 g/mol. The summed E-state index contributed by atoms with van der Waals surface area (Å²) in [4.78, 5) is 27.2. The summed E-state index contributed by atoms with van der Waals surface area (Å²) in [5.41, 5.74) is 0. The minimum atomic E-state index is -0.339. The fourth-order valence-electron chi connectivity index (χ4n) is 4.38. The molecule has 4 heteroatoms. The van der Waals surface area contributed by atoms with Crippen LogP contribution < -0.4 is 0 Å². The van der Waals surface area contributed by atoms with Gasteiger partial charge < -0.3 is 9.64 Å². The second kappa shape index (κ2) is 8.17. The van der Waals surface area contributed by atoms with Crippen LogP contribution >= 0.6 is 0 Å². The maximum atomic E-state index is 12.8. The monoisotopic (exact) mass is 333 g/mol. The topological polar surface area (TPSA) is 46.6 Å². The summed E-state index contributed by atoms with van der Waals surface area (Å²) in [7, 11) is 0. The van der Waals surface area contributed by atoms with Gasteiger partial charge in [-0.2, -0.15) is 0 Å². The Labute approximate surface area is 145 Å². The maximum Gasteiger partial charge on any atom is 0.328 e. The van der Waals surface area contributed by atoms with Gasteiger partial charge in [0.15, 0.2) is 0 Å². The molecule has 2 aliphatic carbocycles. The van der Waals surface area contributed by atoms with Crippen LogP contribution in [0, 0.1) is 17.8 Å². The van der Waals surface area contributed by atoms with Crippen LogP contribution in [-0.2, 0) is 14.3 Å². The van der Waals surface area contributed by atoms with E-state index in [9.17, 15) is 9.59 Å². The Morgan fingerprint density at radius 1 is 1.04 bits per heavy atom. The van der Waals surface area contributed by atoms with Crippen molar-refractivity contribution in [3.05, 3.63) is 12.2 Å². The summed E-state index contributed by atoms with van der Waals surface area (Å²) in [6.07, 6.45) is 13.6. The molecular weight excluding hydrogens is 302 g/mol. The fourth-order valence-corrected chi connectivity index (χ4v) is 4.38. The van der Waals surface area contributed by atoms with Gasteiger partial charge in [-0.3, -0.25) is 4.79 Å². The van der Waals surface area contributed by atoms with Gasteiger partial charge in [-0.15, -0.1) is 0 Å². The number of nitrogens with zero attached hydrogens (tertiary/aromatic N) is 1. The van der Waals surface area contributed by atoms with Gasteiger partial charge >= 0.3 is 5.97 Å². The van der Waals surface area contributed by atoms with Crippen LogP contribution in [0.2, 0.25) is 0 Å². The van der Waals surface area contributed by atoms with Crippen molar-refractivity contribution in [1.29, 1.82) is 0 Å². The van der Waals surface area contributed by atoms with Crippen LogP contribution in [0.3, 0.4) is 0 Å². The third-order valence-electron chi connectivity index (χ3n) is 6.12. The molecule has 0 aromatic rings. The fraction of sp³-hybridized carbons (Fsp3) is 0.800. The van der Waals surface area contributed by atoms with Crippen molar-refractivity contribution < 1.29 is 14.3 Å². The summed E-state index contributed by atoms with van der Waals surface area (Å²) in [5.74, 6) is 1.13. The van der Waals surface area contributed by atoms with Crippen LogP contribution in [-0.4, -0.2) is 36.0 Å². The van der Waals surface area contributed by atoms with Crippen LogP contribution in [0.1, 0.15) is 64.7 Å². The Morgan fingerprint density at radius 2 is 1.79 bits per heavy atom. The number of esters is 1. The van der Waals surface area contributed by atoms with Crippen molar-refractivity contribution in [1.82, 2.24) is 4.90 Å². The Kier molecular flexibility index (Phi) is 5.96. The minimum absolute atomic E-state index is 0.135. The van der Waals surface area contributed by atoms with Gasteiger partial charge in [0.05, 0.1) is 6.61 Å². The molecule has 0 N–H and O–H groups in total. The molecule has 3 atom stereocenters. The SMILES string of the molecule is C[C@@H]1CC=CC[C@@H]1COC(=O)[C@H]1CCCN1C(=O)C1CCCCC1. The highest BCUT2D eigenvalue weighted by Crippen LogP contribution is 2.30. The van der Waals surface area contributed by atoms with Gasteiger partial charge in [0.1, 0.15) is 6.04 Å². The molecular formula is C20H31NO3. The van der Waals surface area contributed by atoms with E-state index in [-0.39, 0.29) is 23.8 Å². The molecule has 1 saturated heterocycles. The van der Waals surface area contributed by atoms with E-state index in [4.69, 9.17) is 4.74 Å². The first-order valence-corrected chi connectivity index (χ1v) is 9.79. The zero-order valence-electron chi connectivity index (χ0n) is 14.9. The molecule has 3 rings (SSSR count). The first-order valence-electron chi connectivity index (χ1n) is 9.79. The van der Waals surface area contributed by atoms with Crippen molar-refractivity contribution in [3.63, 3.8) is 0 Å². The molecule has 0 aromatic carbocycles. The molecule has 0 aromatic heterocycles. The summed E-state index contributed by atoms with van der Waals surface area (Å²) in [6, 6.07) is -0.339. The molecule has 134 valence electrons. The molecule has 24 heavy (non-hydrogen) atoms. The maximum absolute atomic E-state index is 12.8. The number of carbonyl (C=O) groups is 2. The van der Waals surface area contributed by atoms with Crippen molar-refractivity contribution in [2.75, 3.05) is 13.2 Å². The normalized spacial score (nSPS) is 31.2. The Balaban J connectivity index is 1.53. The first kappa shape index (κ1) is 17.5. The summed E-state index contributed by atoms with van der Waals surface area (Å²) in [5, 5.41) is 0. The number of likely N-dealkylation sites (tertiary alicyclic amines) is 1. The Hall–Kier alpha value is -1.32. The third kappa shape index (κ3) is 4.01. The second-order valence-corrected chi connectivity index (χ2v) is 7.83. The number of carbonyl (C=O) groups excluding carboxylic acids is 2. The van der Waals surface area contributed by atoms with E-state index in [1.807, 2.05) is 4.90 Å².